The van der Waals surface area contributed by atoms with E-state index in [0.717, 1.165) is 30.9 Å². The maximum Gasteiger partial charge on any atom is 0.128 e. The zero-order valence-electron chi connectivity index (χ0n) is 15.3. The lowest BCUT2D eigenvalue weighted by Gasteiger charge is -2.40. The number of nitrogens with zero attached hydrogens (tertiary/aromatic N) is 4. The Hall–Kier alpha value is -2.92. The molecule has 3 aromatic heterocycles. The highest BCUT2D eigenvalue weighted by molar-refractivity contribution is 6.08. The van der Waals surface area contributed by atoms with Gasteiger partial charge < -0.3 is 14.6 Å². The van der Waals surface area contributed by atoms with Crippen molar-refractivity contribution in [2.75, 3.05) is 24.6 Å². The first-order valence-electron chi connectivity index (χ1n) is 9.39. The molecule has 0 aliphatic carbocycles. The minimum Gasteiger partial charge on any atom is -0.396 e. The highest BCUT2D eigenvalue weighted by Crippen LogP contribution is 2.32. The van der Waals surface area contributed by atoms with Crippen LogP contribution in [0.5, 0.6) is 0 Å². The van der Waals surface area contributed by atoms with Crippen LogP contribution in [0.15, 0.2) is 55.0 Å². The fourth-order valence-electron chi connectivity index (χ4n) is 4.10. The predicted molar refractivity (Wildman–Crippen MR) is 109 cm³/mol. The third kappa shape index (κ3) is 2.66. The molecule has 0 spiro atoms. The van der Waals surface area contributed by atoms with Crippen LogP contribution < -0.4 is 4.90 Å². The topological polar surface area (TPSA) is 54.2 Å². The third-order valence-electron chi connectivity index (χ3n) is 5.71. The Bertz CT molecular complexity index is 1110. The molecule has 0 saturated carbocycles. The number of benzene rings is 1. The predicted octanol–water partition coefficient (Wildman–Crippen LogP) is 3.61. The van der Waals surface area contributed by atoms with E-state index in [4.69, 9.17) is 5.11 Å². The van der Waals surface area contributed by atoms with E-state index in [0.29, 0.717) is 5.92 Å². The average molecular weight is 358 g/mol. The summed E-state index contributed by atoms with van der Waals surface area (Å²) in [6, 6.07) is 12.9. The van der Waals surface area contributed by atoms with Crippen molar-refractivity contribution >= 4 is 27.6 Å². The molecule has 4 heterocycles. The number of hydrogen-bond donors (Lipinski definition) is 1. The van der Waals surface area contributed by atoms with E-state index < -0.39 is 0 Å². The van der Waals surface area contributed by atoms with Crippen molar-refractivity contribution in [2.45, 2.75) is 6.42 Å². The van der Waals surface area contributed by atoms with Crippen LogP contribution in [0.4, 0.5) is 5.82 Å². The van der Waals surface area contributed by atoms with Gasteiger partial charge in [0.15, 0.2) is 0 Å². The number of rotatable bonds is 4. The molecule has 5 heteroatoms. The highest BCUT2D eigenvalue weighted by atomic mass is 16.3. The molecular weight excluding hydrogens is 336 g/mol. The molecular formula is C22H22N4O. The summed E-state index contributed by atoms with van der Waals surface area (Å²) in [5, 5.41) is 11.4. The van der Waals surface area contributed by atoms with Gasteiger partial charge in [0, 0.05) is 67.2 Å². The first kappa shape index (κ1) is 16.3. The fraction of sp³-hybridized carbons (Fsp3) is 0.273. The van der Waals surface area contributed by atoms with Gasteiger partial charge in [-0.25, -0.2) is 4.98 Å². The van der Waals surface area contributed by atoms with E-state index in [1.807, 2.05) is 18.6 Å². The van der Waals surface area contributed by atoms with Crippen LogP contribution in [0.2, 0.25) is 0 Å². The molecule has 5 rings (SSSR count). The number of aromatic nitrogens is 3. The molecule has 1 N–H and O–H groups in total. The zero-order valence-corrected chi connectivity index (χ0v) is 15.3. The number of anilines is 1. The Morgan fingerprint density at radius 2 is 1.85 bits per heavy atom. The SMILES string of the molecule is Cn1c2ccncc2c2ccc(-c3ccc(N4CC(CCO)C4)nc3)cc21. The quantitative estimate of drug-likeness (QED) is 0.605. The van der Waals surface area contributed by atoms with Crippen LogP contribution in [-0.4, -0.2) is 39.3 Å². The van der Waals surface area contributed by atoms with E-state index in [-0.39, 0.29) is 6.61 Å². The lowest BCUT2D eigenvalue weighted by molar-refractivity contribution is 0.239. The minimum absolute atomic E-state index is 0.275. The summed E-state index contributed by atoms with van der Waals surface area (Å²) in [6.07, 6.45) is 6.62. The summed E-state index contributed by atoms with van der Waals surface area (Å²) in [5.41, 5.74) is 4.69. The van der Waals surface area contributed by atoms with Gasteiger partial charge in [-0.2, -0.15) is 0 Å². The average Bonchev–Trinajstić information content (AvgIpc) is 2.97. The van der Waals surface area contributed by atoms with Gasteiger partial charge in [-0.05, 0) is 42.2 Å². The normalized spacial score (nSPS) is 14.8. The molecule has 0 unspecified atom stereocenters. The number of aliphatic hydroxyl groups is 1. The van der Waals surface area contributed by atoms with Crippen molar-refractivity contribution in [2.24, 2.45) is 13.0 Å². The molecule has 5 nitrogen and oxygen atoms in total. The summed E-state index contributed by atoms with van der Waals surface area (Å²) >= 11 is 0. The van der Waals surface area contributed by atoms with E-state index >= 15 is 0 Å². The molecule has 0 radical (unpaired) electrons. The molecule has 1 aliphatic heterocycles. The molecule has 0 amide bonds. The molecule has 1 aliphatic rings. The first-order valence-corrected chi connectivity index (χ1v) is 9.39. The van der Waals surface area contributed by atoms with Gasteiger partial charge in [0.05, 0.1) is 5.52 Å². The Morgan fingerprint density at radius 3 is 2.63 bits per heavy atom. The molecule has 27 heavy (non-hydrogen) atoms. The molecule has 1 fully saturated rings. The van der Waals surface area contributed by atoms with Crippen molar-refractivity contribution in [1.29, 1.82) is 0 Å². The monoisotopic (exact) mass is 358 g/mol. The van der Waals surface area contributed by atoms with Gasteiger partial charge in [0.25, 0.3) is 0 Å². The van der Waals surface area contributed by atoms with Crippen LogP contribution in [0.1, 0.15) is 6.42 Å². The van der Waals surface area contributed by atoms with Gasteiger partial charge in [0.2, 0.25) is 0 Å². The number of fused-ring (bicyclic) bond motifs is 3. The van der Waals surface area contributed by atoms with Crippen molar-refractivity contribution < 1.29 is 5.11 Å². The Balaban J connectivity index is 1.45. The fourth-order valence-corrected chi connectivity index (χ4v) is 4.10. The summed E-state index contributed by atoms with van der Waals surface area (Å²) < 4.78 is 2.22. The van der Waals surface area contributed by atoms with Crippen LogP contribution >= 0.6 is 0 Å². The van der Waals surface area contributed by atoms with E-state index in [1.54, 1.807) is 0 Å². The Morgan fingerprint density at radius 1 is 1.00 bits per heavy atom. The highest BCUT2D eigenvalue weighted by Gasteiger charge is 2.26. The maximum absolute atomic E-state index is 9.02. The van der Waals surface area contributed by atoms with E-state index in [1.165, 1.54) is 27.4 Å². The van der Waals surface area contributed by atoms with Crippen molar-refractivity contribution in [3.8, 4) is 11.1 Å². The lowest BCUT2D eigenvalue weighted by Crippen LogP contribution is -2.47. The smallest absolute Gasteiger partial charge is 0.128 e. The van der Waals surface area contributed by atoms with Crippen LogP contribution in [-0.2, 0) is 7.05 Å². The lowest BCUT2D eigenvalue weighted by atomic mass is 9.97. The summed E-state index contributed by atoms with van der Waals surface area (Å²) in [7, 11) is 2.10. The number of pyridine rings is 2. The zero-order chi connectivity index (χ0) is 18.4. The van der Waals surface area contributed by atoms with Crippen molar-refractivity contribution in [1.82, 2.24) is 14.5 Å². The molecule has 1 saturated heterocycles. The van der Waals surface area contributed by atoms with E-state index in [2.05, 4.69) is 62.9 Å². The van der Waals surface area contributed by atoms with Gasteiger partial charge in [0.1, 0.15) is 5.82 Å². The second-order valence-corrected chi connectivity index (χ2v) is 7.37. The van der Waals surface area contributed by atoms with Gasteiger partial charge in [-0.3, -0.25) is 4.98 Å². The van der Waals surface area contributed by atoms with Gasteiger partial charge in [-0.15, -0.1) is 0 Å². The molecule has 4 aromatic rings. The summed E-state index contributed by atoms with van der Waals surface area (Å²) in [4.78, 5) is 11.2. The number of hydrogen-bond acceptors (Lipinski definition) is 4. The largest absolute Gasteiger partial charge is 0.396 e. The molecule has 1 aromatic carbocycles. The van der Waals surface area contributed by atoms with Gasteiger partial charge in [-0.1, -0.05) is 12.1 Å². The molecule has 136 valence electrons. The molecule has 0 bridgehead atoms. The van der Waals surface area contributed by atoms with Crippen molar-refractivity contribution in [3.63, 3.8) is 0 Å². The second-order valence-electron chi connectivity index (χ2n) is 7.37. The first-order chi connectivity index (χ1) is 13.2. The number of aliphatic hydroxyl groups excluding tert-OH is 1. The van der Waals surface area contributed by atoms with Crippen LogP contribution in [0.3, 0.4) is 0 Å². The molecule has 0 atom stereocenters. The van der Waals surface area contributed by atoms with Crippen molar-refractivity contribution in [3.05, 3.63) is 55.0 Å². The van der Waals surface area contributed by atoms with E-state index in [9.17, 15) is 0 Å². The Kier molecular flexibility index (Phi) is 3.83. The summed E-state index contributed by atoms with van der Waals surface area (Å²) in [5.74, 6) is 1.62. The van der Waals surface area contributed by atoms with Gasteiger partial charge >= 0.3 is 0 Å². The summed E-state index contributed by atoms with van der Waals surface area (Å²) in [6.45, 7) is 2.25. The standard InChI is InChI=1S/C22H22N4O/c1-25-20-6-8-23-12-19(20)18-4-2-16(10-21(18)25)17-3-5-22(24-11-17)26-13-15(14-26)7-9-27/h2-6,8,10-12,15,27H,7,9,13-14H2,1H3. The van der Waals surface area contributed by atoms with Crippen LogP contribution in [0, 0.1) is 5.92 Å². The van der Waals surface area contributed by atoms with Crippen LogP contribution in [0.25, 0.3) is 32.9 Å². The Labute approximate surface area is 157 Å². The number of aryl methyl sites for hydroxylation is 1. The second kappa shape index (κ2) is 6.35. The maximum atomic E-state index is 9.02. The third-order valence-corrected chi connectivity index (χ3v) is 5.71. The minimum atomic E-state index is 0.275.